The smallest absolute Gasteiger partial charge is 0.205 e. The zero-order valence-corrected chi connectivity index (χ0v) is 11.8. The van der Waals surface area contributed by atoms with Crippen molar-refractivity contribution >= 4 is 56.6 Å². The zero-order valence-electron chi connectivity index (χ0n) is 8.70. The Morgan fingerprint density at radius 1 is 0.778 bits per heavy atom. The molecular formula is C12H4Cl2O2S2. The minimum Gasteiger partial charge on any atom is -0.288 e. The van der Waals surface area contributed by atoms with Crippen LogP contribution in [-0.4, -0.2) is 0 Å². The van der Waals surface area contributed by atoms with E-state index in [2.05, 4.69) is 0 Å². The minimum absolute atomic E-state index is 0.167. The van der Waals surface area contributed by atoms with Gasteiger partial charge in [0.15, 0.2) is 0 Å². The van der Waals surface area contributed by atoms with E-state index >= 15 is 0 Å². The summed E-state index contributed by atoms with van der Waals surface area (Å²) in [4.78, 5) is 24.6. The summed E-state index contributed by atoms with van der Waals surface area (Å²) >= 11 is 13.9. The summed E-state index contributed by atoms with van der Waals surface area (Å²) in [5, 5.41) is 0.855. The van der Waals surface area contributed by atoms with Gasteiger partial charge in [0.1, 0.15) is 8.67 Å². The molecule has 1 heterocycles. The van der Waals surface area contributed by atoms with Gasteiger partial charge in [-0.15, -0.1) is 22.7 Å². The number of benzene rings is 1. The molecule has 0 unspecified atom stereocenters. The van der Waals surface area contributed by atoms with Gasteiger partial charge in [-0.2, -0.15) is 0 Å². The van der Waals surface area contributed by atoms with Crippen molar-refractivity contribution in [3.63, 3.8) is 0 Å². The molecule has 1 aromatic carbocycles. The van der Waals surface area contributed by atoms with E-state index in [1.807, 2.05) is 0 Å². The molecule has 1 aliphatic carbocycles. The Balaban J connectivity index is 2.80. The molecule has 2 aliphatic rings. The molecule has 0 fully saturated rings. The molecule has 18 heavy (non-hydrogen) atoms. The Labute approximate surface area is 119 Å². The van der Waals surface area contributed by atoms with E-state index in [1.165, 1.54) is 0 Å². The second-order valence-corrected chi connectivity index (χ2v) is 6.86. The molecule has 0 spiro atoms. The fourth-order valence-corrected chi connectivity index (χ4v) is 4.26. The van der Waals surface area contributed by atoms with E-state index in [1.54, 1.807) is 24.3 Å². The summed E-state index contributed by atoms with van der Waals surface area (Å²) in [6, 6.07) is 6.78. The van der Waals surface area contributed by atoms with Crippen molar-refractivity contribution in [1.82, 2.24) is 0 Å². The highest BCUT2D eigenvalue weighted by Crippen LogP contribution is 2.30. The fraction of sp³-hybridized carbons (Fsp3) is 0. The lowest BCUT2D eigenvalue weighted by Crippen LogP contribution is -2.13. The van der Waals surface area contributed by atoms with Crippen molar-refractivity contribution in [2.24, 2.45) is 0 Å². The molecule has 90 valence electrons. The van der Waals surface area contributed by atoms with Gasteiger partial charge in [0.2, 0.25) is 10.9 Å². The van der Waals surface area contributed by atoms with Crippen LogP contribution in [0.4, 0.5) is 0 Å². The van der Waals surface area contributed by atoms with Gasteiger partial charge < -0.3 is 0 Å². The Hall–Kier alpha value is -0.940. The van der Waals surface area contributed by atoms with Gasteiger partial charge in [-0.3, -0.25) is 9.59 Å². The standard InChI is InChI=1S/C12H4Cl2O2S2/c13-11-12(14)18-10-8(16)6-4-2-1-3-5(6)7(15)9(10)17-11/h1-4H. The first-order valence-electron chi connectivity index (χ1n) is 4.93. The molecular weight excluding hydrogens is 311 g/mol. The average molecular weight is 315 g/mol. The first-order chi connectivity index (χ1) is 8.59. The largest absolute Gasteiger partial charge is 0.288 e. The summed E-state index contributed by atoms with van der Waals surface area (Å²) in [5.41, 5.74) is -0.333. The third kappa shape index (κ3) is 1.68. The normalized spacial score (nSPS) is 11.2. The van der Waals surface area contributed by atoms with Crippen LogP contribution < -0.4 is 10.9 Å². The van der Waals surface area contributed by atoms with Crippen LogP contribution in [0, 0.1) is 9.06 Å². The maximum absolute atomic E-state index is 12.3. The van der Waals surface area contributed by atoms with Crippen molar-refractivity contribution in [3.05, 3.63) is 62.4 Å². The van der Waals surface area contributed by atoms with Crippen LogP contribution in [0.2, 0.25) is 8.67 Å². The lowest BCUT2D eigenvalue weighted by molar-refractivity contribution is 1.55. The quantitative estimate of drug-likeness (QED) is 0.634. The van der Waals surface area contributed by atoms with Crippen LogP contribution in [0.25, 0.3) is 10.8 Å². The predicted octanol–water partition coefficient (Wildman–Crippen LogP) is 3.71. The Kier molecular flexibility index (Phi) is 2.90. The molecule has 1 aliphatic heterocycles. The summed E-state index contributed by atoms with van der Waals surface area (Å²) < 4.78 is 1.41. The topological polar surface area (TPSA) is 34.1 Å². The highest BCUT2D eigenvalue weighted by atomic mass is 35.5. The van der Waals surface area contributed by atoms with E-state index in [9.17, 15) is 9.59 Å². The molecule has 0 aromatic heterocycles. The van der Waals surface area contributed by atoms with E-state index in [4.69, 9.17) is 23.2 Å². The van der Waals surface area contributed by atoms with Crippen molar-refractivity contribution < 1.29 is 0 Å². The molecule has 1 aromatic rings. The molecule has 2 nitrogen and oxygen atoms in total. The molecule has 3 rings (SSSR count). The van der Waals surface area contributed by atoms with Gasteiger partial charge in [-0.1, -0.05) is 47.5 Å². The van der Waals surface area contributed by atoms with Crippen LogP contribution >= 0.6 is 45.9 Å². The van der Waals surface area contributed by atoms with E-state index in [-0.39, 0.29) is 10.9 Å². The van der Waals surface area contributed by atoms with Crippen LogP contribution in [0.1, 0.15) is 0 Å². The van der Waals surface area contributed by atoms with Crippen molar-refractivity contribution in [2.75, 3.05) is 0 Å². The van der Waals surface area contributed by atoms with Crippen LogP contribution in [0.5, 0.6) is 0 Å². The minimum atomic E-state index is -0.167. The van der Waals surface area contributed by atoms with Crippen molar-refractivity contribution in [2.45, 2.75) is 0 Å². The van der Waals surface area contributed by atoms with Crippen molar-refractivity contribution in [3.8, 4) is 0 Å². The van der Waals surface area contributed by atoms with Gasteiger partial charge in [0.25, 0.3) is 0 Å². The second-order valence-electron chi connectivity index (χ2n) is 3.61. The SMILES string of the molecule is O=c1c2sc(Cl)c(Cl)sc=2c(=O)c2ccccc12. The highest BCUT2D eigenvalue weighted by molar-refractivity contribution is 7.23. The Morgan fingerprint density at radius 2 is 1.17 bits per heavy atom. The fourth-order valence-electron chi connectivity index (χ4n) is 1.77. The number of halogens is 2. The zero-order chi connectivity index (χ0) is 12.9. The number of hydrogen-bond donors (Lipinski definition) is 0. The molecule has 0 bridgehead atoms. The van der Waals surface area contributed by atoms with Gasteiger partial charge >= 0.3 is 0 Å². The molecule has 0 radical (unpaired) electrons. The number of rotatable bonds is 0. The summed E-state index contributed by atoms with van der Waals surface area (Å²) in [5.74, 6) is 0. The molecule has 0 amide bonds. The molecule has 0 saturated carbocycles. The van der Waals surface area contributed by atoms with E-state index in [0.717, 1.165) is 22.7 Å². The number of fused-ring (bicyclic) bond motifs is 1. The molecule has 6 heteroatoms. The molecule has 0 saturated heterocycles. The first-order valence-corrected chi connectivity index (χ1v) is 7.32. The third-order valence-corrected chi connectivity index (χ3v) is 5.95. The Bertz CT molecular complexity index is 866. The monoisotopic (exact) mass is 314 g/mol. The second kappa shape index (κ2) is 4.31. The maximum atomic E-state index is 12.3. The highest BCUT2D eigenvalue weighted by Gasteiger charge is 2.11. The average Bonchev–Trinajstić information content (AvgIpc) is 2.38. The van der Waals surface area contributed by atoms with Crippen LogP contribution in [0.3, 0.4) is 0 Å². The number of hydrogen-bond acceptors (Lipinski definition) is 4. The van der Waals surface area contributed by atoms with Crippen LogP contribution in [-0.2, 0) is 0 Å². The third-order valence-electron chi connectivity index (χ3n) is 2.57. The lowest BCUT2D eigenvalue weighted by Gasteiger charge is -1.98. The van der Waals surface area contributed by atoms with E-state index in [0.29, 0.717) is 28.5 Å². The van der Waals surface area contributed by atoms with Gasteiger partial charge in [-0.25, -0.2) is 0 Å². The summed E-state index contributed by atoms with van der Waals surface area (Å²) in [6.07, 6.45) is 0. The molecule has 0 atom stereocenters. The van der Waals surface area contributed by atoms with Crippen molar-refractivity contribution in [1.29, 1.82) is 0 Å². The van der Waals surface area contributed by atoms with Gasteiger partial charge in [0.05, 0.1) is 9.06 Å². The summed E-state index contributed by atoms with van der Waals surface area (Å²) in [6.45, 7) is 0. The van der Waals surface area contributed by atoms with Crippen LogP contribution in [0.15, 0.2) is 33.9 Å². The first kappa shape index (κ1) is 12.1. The van der Waals surface area contributed by atoms with E-state index < -0.39 is 0 Å². The summed E-state index contributed by atoms with van der Waals surface area (Å²) in [7, 11) is 0. The lowest BCUT2D eigenvalue weighted by atomic mass is 10.1. The maximum Gasteiger partial charge on any atom is 0.205 e. The predicted molar refractivity (Wildman–Crippen MR) is 77.6 cm³/mol. The van der Waals surface area contributed by atoms with Gasteiger partial charge in [0, 0.05) is 10.8 Å². The molecule has 0 N–H and O–H groups in total. The Morgan fingerprint density at radius 3 is 1.56 bits per heavy atom. The van der Waals surface area contributed by atoms with Gasteiger partial charge in [-0.05, 0) is 0 Å².